The van der Waals surface area contributed by atoms with Crippen LogP contribution in [0.5, 0.6) is 0 Å². The molecule has 0 radical (unpaired) electrons. The van der Waals surface area contributed by atoms with Gasteiger partial charge in [-0.05, 0) is 34.1 Å². The van der Waals surface area contributed by atoms with Crippen LogP contribution in [0.4, 0.5) is 5.69 Å². The van der Waals surface area contributed by atoms with Gasteiger partial charge in [0.2, 0.25) is 0 Å². The largest absolute Gasteiger partial charge is 0.398 e. The quantitative estimate of drug-likeness (QED) is 0.495. The van der Waals surface area contributed by atoms with E-state index in [0.717, 1.165) is 14.6 Å². The van der Waals surface area contributed by atoms with Crippen LogP contribution in [0.1, 0.15) is 0 Å². The third-order valence-electron chi connectivity index (χ3n) is 1.91. The third-order valence-corrected chi connectivity index (χ3v) is 3.09. The first kappa shape index (κ1) is 16.8. The number of rotatable bonds is 3. The number of nitrogen functional groups attached to an aromatic ring is 1. The highest BCUT2D eigenvalue weighted by Crippen LogP contribution is 2.22. The van der Waals surface area contributed by atoms with Crippen molar-refractivity contribution in [2.45, 2.75) is 5.54 Å². The Hall–Kier alpha value is -0.180. The fourth-order valence-corrected chi connectivity index (χ4v) is 1.70. The number of halogens is 2. The fourth-order valence-electron chi connectivity index (χ4n) is 0.652. The summed E-state index contributed by atoms with van der Waals surface area (Å²) in [5, 5.41) is 25.0. The van der Waals surface area contributed by atoms with E-state index in [0.29, 0.717) is 0 Å². The van der Waals surface area contributed by atoms with E-state index in [1.54, 1.807) is 0 Å². The minimum absolute atomic E-state index is 0.403. The molecule has 0 spiro atoms. The number of aliphatic hydroxyl groups is 3. The minimum Gasteiger partial charge on any atom is -0.398 e. The molecule has 0 aliphatic carbocycles. The van der Waals surface area contributed by atoms with Gasteiger partial charge in [-0.3, -0.25) is 0 Å². The maximum absolute atomic E-state index is 8.34. The van der Waals surface area contributed by atoms with Crippen LogP contribution in [0.25, 0.3) is 0 Å². The fraction of sp³-hybridized carbons (Fsp3) is 0.400. The van der Waals surface area contributed by atoms with Crippen molar-refractivity contribution in [3.05, 3.63) is 27.1 Å². The maximum Gasteiger partial charge on any atom is 0.0856 e. The van der Waals surface area contributed by atoms with E-state index < -0.39 is 25.4 Å². The predicted molar refractivity (Wildman–Crippen MR) is 74.4 cm³/mol. The van der Waals surface area contributed by atoms with Crippen LogP contribution in [0.2, 0.25) is 0 Å². The highest BCUT2D eigenvalue weighted by Gasteiger charge is 2.20. The zero-order chi connectivity index (χ0) is 13.5. The molecule has 0 saturated heterocycles. The molecule has 0 aliphatic heterocycles. The average Bonchev–Trinajstić information content (AvgIpc) is 2.34. The Bertz CT molecular complexity index is 338. The summed E-state index contributed by atoms with van der Waals surface area (Å²) in [6.45, 7) is -1.21. The van der Waals surface area contributed by atoms with E-state index in [9.17, 15) is 0 Å². The lowest BCUT2D eigenvalue weighted by molar-refractivity contribution is 0.0698. The van der Waals surface area contributed by atoms with Crippen LogP contribution in [0, 0.1) is 0 Å². The third kappa shape index (κ3) is 6.35. The molecule has 0 atom stereocenters. The maximum atomic E-state index is 8.34. The Balaban J connectivity index is 0.000000304. The van der Waals surface area contributed by atoms with E-state index in [-0.39, 0.29) is 0 Å². The molecule has 5 nitrogen and oxygen atoms in total. The molecule has 0 saturated carbocycles. The Morgan fingerprint density at radius 3 is 1.76 bits per heavy atom. The SMILES string of the molecule is NC(CO)(CO)CO.Nc1ccc(Br)cc1Br. The van der Waals surface area contributed by atoms with Crippen LogP contribution < -0.4 is 11.5 Å². The molecule has 1 aromatic rings. The van der Waals surface area contributed by atoms with Crippen molar-refractivity contribution in [2.24, 2.45) is 5.73 Å². The van der Waals surface area contributed by atoms with E-state index in [4.69, 9.17) is 26.8 Å². The Morgan fingerprint density at radius 2 is 1.53 bits per heavy atom. The van der Waals surface area contributed by atoms with Crippen molar-refractivity contribution >= 4 is 37.5 Å². The number of hydrogen-bond acceptors (Lipinski definition) is 5. The molecule has 0 fully saturated rings. The summed E-state index contributed by atoms with van der Waals surface area (Å²) in [5.74, 6) is 0. The second kappa shape index (κ2) is 8.02. The van der Waals surface area contributed by atoms with Crippen LogP contribution in [0.15, 0.2) is 27.1 Å². The number of hydrogen-bond donors (Lipinski definition) is 5. The molecule has 0 unspecified atom stereocenters. The highest BCUT2D eigenvalue weighted by atomic mass is 79.9. The summed E-state index contributed by atoms with van der Waals surface area (Å²) in [6.07, 6.45) is 0. The zero-order valence-electron chi connectivity index (χ0n) is 9.11. The Kier molecular flexibility index (Phi) is 7.93. The number of benzene rings is 1. The lowest BCUT2D eigenvalue weighted by Gasteiger charge is -2.20. The topological polar surface area (TPSA) is 113 Å². The summed E-state index contributed by atoms with van der Waals surface area (Å²) in [7, 11) is 0. The minimum atomic E-state index is -1.21. The first-order chi connectivity index (χ1) is 7.88. The molecule has 0 aliphatic rings. The highest BCUT2D eigenvalue weighted by molar-refractivity contribution is 9.11. The number of aliphatic hydroxyl groups excluding tert-OH is 3. The van der Waals surface area contributed by atoms with Crippen molar-refractivity contribution in [3.63, 3.8) is 0 Å². The zero-order valence-corrected chi connectivity index (χ0v) is 12.3. The molecular formula is C10H16Br2N2O3. The monoisotopic (exact) mass is 370 g/mol. The van der Waals surface area contributed by atoms with Gasteiger partial charge in [0, 0.05) is 14.6 Å². The van der Waals surface area contributed by atoms with Crippen molar-refractivity contribution in [2.75, 3.05) is 25.6 Å². The molecule has 17 heavy (non-hydrogen) atoms. The molecule has 0 aromatic heterocycles. The van der Waals surface area contributed by atoms with Gasteiger partial charge < -0.3 is 26.8 Å². The average molecular weight is 372 g/mol. The van der Waals surface area contributed by atoms with E-state index in [1.807, 2.05) is 18.2 Å². The molecule has 98 valence electrons. The first-order valence-electron chi connectivity index (χ1n) is 4.70. The van der Waals surface area contributed by atoms with Gasteiger partial charge in [0.05, 0.1) is 25.4 Å². The number of anilines is 1. The van der Waals surface area contributed by atoms with Crippen molar-refractivity contribution in [3.8, 4) is 0 Å². The van der Waals surface area contributed by atoms with Gasteiger partial charge in [-0.2, -0.15) is 0 Å². The van der Waals surface area contributed by atoms with E-state index >= 15 is 0 Å². The summed E-state index contributed by atoms with van der Waals surface area (Å²) < 4.78 is 1.96. The Labute approximate surface area is 117 Å². The van der Waals surface area contributed by atoms with Crippen LogP contribution in [-0.4, -0.2) is 40.7 Å². The summed E-state index contributed by atoms with van der Waals surface area (Å²) in [5.41, 5.74) is 10.2. The van der Waals surface area contributed by atoms with Crippen LogP contribution >= 0.6 is 31.9 Å². The molecule has 0 amide bonds. The smallest absolute Gasteiger partial charge is 0.0856 e. The van der Waals surface area contributed by atoms with E-state index in [2.05, 4.69) is 31.9 Å². The summed E-state index contributed by atoms with van der Waals surface area (Å²) in [4.78, 5) is 0. The lowest BCUT2D eigenvalue weighted by atomic mass is 10.1. The van der Waals surface area contributed by atoms with Gasteiger partial charge in [0.15, 0.2) is 0 Å². The first-order valence-corrected chi connectivity index (χ1v) is 6.29. The van der Waals surface area contributed by atoms with Gasteiger partial charge in [-0.25, -0.2) is 0 Å². The van der Waals surface area contributed by atoms with E-state index in [1.165, 1.54) is 0 Å². The summed E-state index contributed by atoms with van der Waals surface area (Å²) in [6, 6.07) is 5.66. The molecule has 1 rings (SSSR count). The van der Waals surface area contributed by atoms with Crippen LogP contribution in [0.3, 0.4) is 0 Å². The lowest BCUT2D eigenvalue weighted by Crippen LogP contribution is -2.50. The van der Waals surface area contributed by atoms with Gasteiger partial charge in [-0.15, -0.1) is 0 Å². The summed E-state index contributed by atoms with van der Waals surface area (Å²) >= 11 is 6.60. The predicted octanol–water partition coefficient (Wildman–Crippen LogP) is 0.455. The van der Waals surface area contributed by atoms with Crippen LogP contribution in [-0.2, 0) is 0 Å². The van der Waals surface area contributed by atoms with Gasteiger partial charge >= 0.3 is 0 Å². The molecule has 1 aromatic carbocycles. The number of nitrogens with two attached hydrogens (primary N) is 2. The van der Waals surface area contributed by atoms with Crippen molar-refractivity contribution in [1.29, 1.82) is 0 Å². The molecule has 7 heteroatoms. The van der Waals surface area contributed by atoms with Crippen molar-refractivity contribution < 1.29 is 15.3 Å². The molecule has 0 heterocycles. The molecule has 7 N–H and O–H groups in total. The second-order valence-corrected chi connectivity index (χ2v) is 5.27. The standard InChI is InChI=1S/C6H5Br2N.C4H11NO3/c7-4-1-2-6(9)5(8)3-4;5-4(1-6,2-7)3-8/h1-3H,9H2;6-8H,1-3,5H2. The van der Waals surface area contributed by atoms with Gasteiger partial charge in [-0.1, -0.05) is 15.9 Å². The second-order valence-electron chi connectivity index (χ2n) is 3.50. The molecule has 0 bridgehead atoms. The molecular weight excluding hydrogens is 356 g/mol. The Morgan fingerprint density at radius 1 is 1.06 bits per heavy atom. The normalized spacial score (nSPS) is 10.7. The van der Waals surface area contributed by atoms with Crippen molar-refractivity contribution in [1.82, 2.24) is 0 Å². The van der Waals surface area contributed by atoms with Gasteiger partial charge in [0.25, 0.3) is 0 Å². The van der Waals surface area contributed by atoms with Gasteiger partial charge in [0.1, 0.15) is 0 Å².